The predicted octanol–water partition coefficient (Wildman–Crippen LogP) is 5.16. The summed E-state index contributed by atoms with van der Waals surface area (Å²) in [6.07, 6.45) is 6.14. The molecule has 5 nitrogen and oxygen atoms in total. The molecule has 5 heteroatoms. The van der Waals surface area contributed by atoms with E-state index < -0.39 is 0 Å². The van der Waals surface area contributed by atoms with Gasteiger partial charge in [0.1, 0.15) is 11.6 Å². The molecule has 0 unspecified atom stereocenters. The first-order chi connectivity index (χ1) is 13.3. The SMILES string of the molecule is COc1cccc(-c2nc3nc4ccccc4nc3n2C2CCCCC2)c1. The number of aromatic nitrogens is 4. The molecule has 0 saturated heterocycles. The van der Waals surface area contributed by atoms with Crippen LogP contribution in [-0.2, 0) is 0 Å². The van der Waals surface area contributed by atoms with E-state index in [0.29, 0.717) is 6.04 Å². The molecule has 0 atom stereocenters. The molecule has 0 aliphatic heterocycles. The van der Waals surface area contributed by atoms with Crippen LogP contribution in [0, 0.1) is 0 Å². The van der Waals surface area contributed by atoms with Gasteiger partial charge in [0.25, 0.3) is 0 Å². The van der Waals surface area contributed by atoms with Gasteiger partial charge in [-0.1, -0.05) is 43.5 Å². The van der Waals surface area contributed by atoms with Gasteiger partial charge in [0.05, 0.1) is 18.1 Å². The highest BCUT2D eigenvalue weighted by molar-refractivity contribution is 5.85. The van der Waals surface area contributed by atoms with Crippen molar-refractivity contribution in [3.05, 3.63) is 48.5 Å². The number of imidazole rings is 1. The van der Waals surface area contributed by atoms with E-state index in [9.17, 15) is 0 Å². The van der Waals surface area contributed by atoms with Gasteiger partial charge in [0.15, 0.2) is 11.3 Å². The molecule has 1 fully saturated rings. The van der Waals surface area contributed by atoms with E-state index in [0.717, 1.165) is 52.3 Å². The molecule has 1 saturated carbocycles. The molecule has 1 aliphatic rings. The summed E-state index contributed by atoms with van der Waals surface area (Å²) in [6, 6.07) is 16.5. The molecule has 1 aliphatic carbocycles. The van der Waals surface area contributed by atoms with Gasteiger partial charge in [-0.2, -0.15) is 0 Å². The van der Waals surface area contributed by atoms with Gasteiger partial charge < -0.3 is 9.30 Å². The van der Waals surface area contributed by atoms with Crippen molar-refractivity contribution in [2.24, 2.45) is 0 Å². The van der Waals surface area contributed by atoms with Crippen molar-refractivity contribution >= 4 is 22.3 Å². The Kier molecular flexibility index (Phi) is 4.00. The molecule has 0 bridgehead atoms. The number of ether oxygens (including phenoxy) is 1. The first-order valence-electron chi connectivity index (χ1n) is 9.62. The summed E-state index contributed by atoms with van der Waals surface area (Å²) in [5.74, 6) is 1.77. The van der Waals surface area contributed by atoms with Gasteiger partial charge >= 0.3 is 0 Å². The lowest BCUT2D eigenvalue weighted by Gasteiger charge is -2.25. The summed E-state index contributed by atoms with van der Waals surface area (Å²) in [5, 5.41) is 0. The maximum absolute atomic E-state index is 5.43. The molecule has 136 valence electrons. The number of fused-ring (bicyclic) bond motifs is 2. The fraction of sp³-hybridized carbons (Fsp3) is 0.318. The summed E-state index contributed by atoms with van der Waals surface area (Å²) < 4.78 is 7.75. The zero-order chi connectivity index (χ0) is 18.2. The van der Waals surface area contributed by atoms with Crippen LogP contribution in [0.5, 0.6) is 5.75 Å². The number of hydrogen-bond acceptors (Lipinski definition) is 4. The van der Waals surface area contributed by atoms with Crippen molar-refractivity contribution in [2.45, 2.75) is 38.1 Å². The third-order valence-corrected chi connectivity index (χ3v) is 5.47. The largest absolute Gasteiger partial charge is 0.497 e. The van der Waals surface area contributed by atoms with E-state index >= 15 is 0 Å². The van der Waals surface area contributed by atoms with Crippen molar-refractivity contribution in [3.63, 3.8) is 0 Å². The van der Waals surface area contributed by atoms with E-state index in [-0.39, 0.29) is 0 Å². The number of para-hydroxylation sites is 2. The molecule has 2 heterocycles. The standard InChI is InChI=1S/C22H22N4O/c1-27-17-11-7-8-15(14-17)21-25-20-22(26(21)16-9-3-2-4-10-16)24-19-13-6-5-12-18(19)23-20/h5-8,11-14,16H,2-4,9-10H2,1H3. The van der Waals surface area contributed by atoms with E-state index in [2.05, 4.69) is 10.6 Å². The van der Waals surface area contributed by atoms with Gasteiger partial charge in [0.2, 0.25) is 0 Å². The minimum atomic E-state index is 0.417. The molecule has 0 amide bonds. The molecule has 0 radical (unpaired) electrons. The Hall–Kier alpha value is -2.95. The van der Waals surface area contributed by atoms with E-state index in [1.807, 2.05) is 42.5 Å². The first kappa shape index (κ1) is 16.2. The van der Waals surface area contributed by atoms with Crippen LogP contribution in [0.1, 0.15) is 38.1 Å². The third kappa shape index (κ3) is 2.83. The van der Waals surface area contributed by atoms with Crippen molar-refractivity contribution in [1.82, 2.24) is 19.5 Å². The summed E-state index contributed by atoms with van der Waals surface area (Å²) in [5.41, 5.74) is 4.45. The molecule has 0 N–H and O–H groups in total. The van der Waals surface area contributed by atoms with Gasteiger partial charge in [-0.05, 0) is 37.1 Å². The minimum absolute atomic E-state index is 0.417. The molecule has 0 spiro atoms. The number of benzene rings is 2. The van der Waals surface area contributed by atoms with Crippen molar-refractivity contribution < 1.29 is 4.74 Å². The van der Waals surface area contributed by atoms with Crippen LogP contribution in [0.15, 0.2) is 48.5 Å². The van der Waals surface area contributed by atoms with E-state index in [1.165, 1.54) is 19.3 Å². The lowest BCUT2D eigenvalue weighted by atomic mass is 9.95. The third-order valence-electron chi connectivity index (χ3n) is 5.47. The van der Waals surface area contributed by atoms with Crippen LogP contribution in [0.3, 0.4) is 0 Å². The second-order valence-electron chi connectivity index (χ2n) is 7.19. The maximum atomic E-state index is 5.43. The van der Waals surface area contributed by atoms with Gasteiger partial charge in [-0.15, -0.1) is 0 Å². The molecule has 4 aromatic rings. The smallest absolute Gasteiger partial charge is 0.198 e. The Morgan fingerprint density at radius 2 is 1.67 bits per heavy atom. The lowest BCUT2D eigenvalue weighted by Crippen LogP contribution is -2.14. The molecule has 2 aromatic carbocycles. The van der Waals surface area contributed by atoms with Gasteiger partial charge in [-0.25, -0.2) is 15.0 Å². The number of rotatable bonds is 3. The Morgan fingerprint density at radius 3 is 2.44 bits per heavy atom. The number of methoxy groups -OCH3 is 1. The Labute approximate surface area is 158 Å². The first-order valence-corrected chi connectivity index (χ1v) is 9.62. The highest BCUT2D eigenvalue weighted by Gasteiger charge is 2.24. The Morgan fingerprint density at radius 1 is 0.889 bits per heavy atom. The van der Waals surface area contributed by atoms with Crippen LogP contribution in [0.4, 0.5) is 0 Å². The predicted molar refractivity (Wildman–Crippen MR) is 107 cm³/mol. The van der Waals surface area contributed by atoms with Crippen molar-refractivity contribution in [1.29, 1.82) is 0 Å². The summed E-state index contributed by atoms with van der Waals surface area (Å²) >= 11 is 0. The maximum Gasteiger partial charge on any atom is 0.198 e. The lowest BCUT2D eigenvalue weighted by molar-refractivity contribution is 0.361. The molecule has 5 rings (SSSR count). The summed E-state index contributed by atoms with van der Waals surface area (Å²) in [6.45, 7) is 0. The number of hydrogen-bond donors (Lipinski definition) is 0. The molecule has 27 heavy (non-hydrogen) atoms. The quantitative estimate of drug-likeness (QED) is 0.507. The van der Waals surface area contributed by atoms with Crippen LogP contribution in [-0.4, -0.2) is 26.6 Å². The van der Waals surface area contributed by atoms with Crippen molar-refractivity contribution in [2.75, 3.05) is 7.11 Å². The fourth-order valence-electron chi connectivity index (χ4n) is 4.12. The molecule has 2 aromatic heterocycles. The average molecular weight is 358 g/mol. The summed E-state index contributed by atoms with van der Waals surface area (Å²) in [7, 11) is 1.69. The average Bonchev–Trinajstić information content (AvgIpc) is 3.11. The zero-order valence-corrected chi connectivity index (χ0v) is 15.4. The highest BCUT2D eigenvalue weighted by atomic mass is 16.5. The zero-order valence-electron chi connectivity index (χ0n) is 15.4. The normalized spacial score (nSPS) is 15.4. The Bertz CT molecular complexity index is 1110. The van der Waals surface area contributed by atoms with Crippen LogP contribution in [0.25, 0.3) is 33.7 Å². The van der Waals surface area contributed by atoms with Gasteiger partial charge in [0, 0.05) is 11.6 Å². The fourth-order valence-corrected chi connectivity index (χ4v) is 4.12. The van der Waals surface area contributed by atoms with Gasteiger partial charge in [-0.3, -0.25) is 0 Å². The minimum Gasteiger partial charge on any atom is -0.497 e. The monoisotopic (exact) mass is 358 g/mol. The molecular weight excluding hydrogens is 336 g/mol. The second-order valence-corrected chi connectivity index (χ2v) is 7.19. The molecular formula is C22H22N4O. The second kappa shape index (κ2) is 6.65. The highest BCUT2D eigenvalue weighted by Crippen LogP contribution is 2.36. The van der Waals surface area contributed by atoms with E-state index in [1.54, 1.807) is 7.11 Å². The Balaban J connectivity index is 1.78. The topological polar surface area (TPSA) is 52.8 Å². The van der Waals surface area contributed by atoms with Crippen LogP contribution >= 0.6 is 0 Å². The van der Waals surface area contributed by atoms with Crippen LogP contribution < -0.4 is 4.74 Å². The summed E-state index contributed by atoms with van der Waals surface area (Å²) in [4.78, 5) is 14.7. The van der Waals surface area contributed by atoms with Crippen molar-refractivity contribution in [3.8, 4) is 17.1 Å². The van der Waals surface area contributed by atoms with Crippen LogP contribution in [0.2, 0.25) is 0 Å². The number of nitrogens with zero attached hydrogens (tertiary/aromatic N) is 4. The van der Waals surface area contributed by atoms with E-state index in [4.69, 9.17) is 19.7 Å².